The Morgan fingerprint density at radius 3 is 2.55 bits per heavy atom. The summed E-state index contributed by atoms with van der Waals surface area (Å²) in [5.74, 6) is -0.928. The molecule has 13 nitrogen and oxygen atoms in total. The molecule has 4 rings (SSSR count). The van der Waals surface area contributed by atoms with Crippen molar-refractivity contribution in [3.05, 3.63) is 59.4 Å². The molecule has 1 aliphatic rings. The lowest BCUT2D eigenvalue weighted by molar-refractivity contribution is -0.144. The van der Waals surface area contributed by atoms with E-state index < -0.39 is 18.1 Å². The molecule has 1 unspecified atom stereocenters. The molecular formula is C36H49N7O6. The van der Waals surface area contributed by atoms with Crippen LogP contribution in [0.2, 0.25) is 0 Å². The van der Waals surface area contributed by atoms with Gasteiger partial charge in [-0.15, -0.1) is 0 Å². The second kappa shape index (κ2) is 17.5. The molecule has 0 saturated heterocycles. The minimum absolute atomic E-state index is 0.132. The predicted octanol–water partition coefficient (Wildman–Crippen LogP) is 3.75. The lowest BCUT2D eigenvalue weighted by atomic mass is 10.0. The number of nitrogens with one attached hydrogen (secondary N) is 4. The van der Waals surface area contributed by atoms with Crippen LogP contribution in [-0.4, -0.2) is 88.7 Å². The molecule has 13 heteroatoms. The number of anilines is 1. The van der Waals surface area contributed by atoms with Gasteiger partial charge in [-0.3, -0.25) is 24.0 Å². The molecule has 0 saturated carbocycles. The van der Waals surface area contributed by atoms with E-state index in [1.54, 1.807) is 35.0 Å². The van der Waals surface area contributed by atoms with E-state index >= 15 is 0 Å². The van der Waals surface area contributed by atoms with Crippen LogP contribution >= 0.6 is 0 Å². The van der Waals surface area contributed by atoms with Crippen molar-refractivity contribution in [3.63, 3.8) is 0 Å². The standard InChI is InChI=1S/C36H49N7O6/c1-6-11-23(3)33(45)41-29(12-7-2)34(46)37-17-10-18-43-21-25-19-24(15-16-26(25)38-30(36(43)48)20-32(44)49-5)35(47)42(4)22-31-39-27-13-8-9-14-28(27)40-31/h8-9,13-16,19,23,29-30,38H,6-7,10-12,17-18,20-22H2,1-5H3,(H,37,46)(H,39,40)(H,41,45)/t23-,29?,30-/m0/s1. The second-order valence-corrected chi connectivity index (χ2v) is 12.7. The molecule has 3 aromatic rings. The Morgan fingerprint density at radius 2 is 1.84 bits per heavy atom. The first-order valence-electron chi connectivity index (χ1n) is 17.1. The van der Waals surface area contributed by atoms with E-state index in [2.05, 4.69) is 25.9 Å². The summed E-state index contributed by atoms with van der Waals surface area (Å²) in [7, 11) is 2.98. The number of nitrogens with zero attached hydrogens (tertiary/aromatic N) is 3. The number of rotatable bonds is 16. The maximum absolute atomic E-state index is 13.7. The van der Waals surface area contributed by atoms with Crippen LogP contribution in [0.15, 0.2) is 42.5 Å². The van der Waals surface area contributed by atoms with Gasteiger partial charge in [-0.25, -0.2) is 4.98 Å². The summed E-state index contributed by atoms with van der Waals surface area (Å²) in [6, 6.07) is 11.4. The van der Waals surface area contributed by atoms with Gasteiger partial charge in [0.25, 0.3) is 5.91 Å². The highest BCUT2D eigenvalue weighted by Gasteiger charge is 2.32. The zero-order chi connectivity index (χ0) is 35.5. The quantitative estimate of drug-likeness (QED) is 0.132. The average Bonchev–Trinajstić information content (AvgIpc) is 3.45. The van der Waals surface area contributed by atoms with Crippen molar-refractivity contribution in [1.82, 2.24) is 30.4 Å². The zero-order valence-electron chi connectivity index (χ0n) is 29.1. The molecule has 264 valence electrons. The normalized spacial score (nSPS) is 15.4. The van der Waals surface area contributed by atoms with E-state index in [-0.39, 0.29) is 55.6 Å². The summed E-state index contributed by atoms with van der Waals surface area (Å²) in [6.45, 7) is 6.89. The molecule has 1 aliphatic heterocycles. The van der Waals surface area contributed by atoms with E-state index in [1.807, 2.05) is 45.0 Å². The summed E-state index contributed by atoms with van der Waals surface area (Å²) < 4.78 is 4.85. The van der Waals surface area contributed by atoms with Gasteiger partial charge in [-0.1, -0.05) is 45.7 Å². The first-order chi connectivity index (χ1) is 23.5. The van der Waals surface area contributed by atoms with Crippen molar-refractivity contribution in [2.24, 2.45) is 5.92 Å². The van der Waals surface area contributed by atoms with Crippen molar-refractivity contribution in [3.8, 4) is 0 Å². The Hall–Kier alpha value is -4.94. The van der Waals surface area contributed by atoms with E-state index in [4.69, 9.17) is 4.74 Å². The van der Waals surface area contributed by atoms with Gasteiger partial charge in [-0.2, -0.15) is 0 Å². The van der Waals surface area contributed by atoms with E-state index in [9.17, 15) is 24.0 Å². The van der Waals surface area contributed by atoms with Gasteiger partial charge in [0.1, 0.15) is 17.9 Å². The zero-order valence-corrected chi connectivity index (χ0v) is 29.1. The maximum Gasteiger partial charge on any atom is 0.308 e. The van der Waals surface area contributed by atoms with Crippen LogP contribution in [0.1, 0.15) is 81.0 Å². The maximum atomic E-state index is 13.7. The third-order valence-corrected chi connectivity index (χ3v) is 8.71. The smallest absolute Gasteiger partial charge is 0.308 e. The number of ether oxygens (including phenoxy) is 1. The Kier molecular flexibility index (Phi) is 13.1. The lowest BCUT2D eigenvalue weighted by Gasteiger charge is -2.25. The highest BCUT2D eigenvalue weighted by molar-refractivity contribution is 5.96. The number of amides is 4. The number of imidazole rings is 1. The molecule has 2 heterocycles. The lowest BCUT2D eigenvalue weighted by Crippen LogP contribution is -2.48. The molecule has 0 spiro atoms. The van der Waals surface area contributed by atoms with E-state index in [1.165, 1.54) is 7.11 Å². The summed E-state index contributed by atoms with van der Waals surface area (Å²) in [5.41, 5.74) is 3.53. The first-order valence-corrected chi connectivity index (χ1v) is 17.1. The summed E-state index contributed by atoms with van der Waals surface area (Å²) in [4.78, 5) is 76.0. The molecule has 0 fully saturated rings. The molecule has 1 aromatic heterocycles. The van der Waals surface area contributed by atoms with E-state index in [0.717, 1.165) is 35.9 Å². The molecule has 4 amide bonds. The number of aromatic amines is 1. The Labute approximate surface area is 287 Å². The van der Waals surface area contributed by atoms with Crippen LogP contribution in [0.3, 0.4) is 0 Å². The molecule has 0 radical (unpaired) electrons. The highest BCUT2D eigenvalue weighted by atomic mass is 16.5. The number of hydrogen-bond acceptors (Lipinski definition) is 8. The van der Waals surface area contributed by atoms with Gasteiger partial charge in [0, 0.05) is 43.9 Å². The van der Waals surface area contributed by atoms with Crippen LogP contribution in [-0.2, 0) is 37.0 Å². The summed E-state index contributed by atoms with van der Waals surface area (Å²) >= 11 is 0. The van der Waals surface area contributed by atoms with Crippen molar-refractivity contribution in [2.45, 2.75) is 84.5 Å². The third-order valence-electron chi connectivity index (χ3n) is 8.71. The van der Waals surface area contributed by atoms with Crippen LogP contribution in [0.4, 0.5) is 5.69 Å². The monoisotopic (exact) mass is 675 g/mol. The van der Waals surface area contributed by atoms with Gasteiger partial charge in [0.2, 0.25) is 17.7 Å². The largest absolute Gasteiger partial charge is 0.469 e. The number of para-hydroxylation sites is 2. The topological polar surface area (TPSA) is 166 Å². The van der Waals surface area contributed by atoms with Crippen molar-refractivity contribution >= 4 is 46.3 Å². The number of H-pyrrole nitrogens is 1. The first kappa shape index (κ1) is 36.9. The third kappa shape index (κ3) is 9.80. The summed E-state index contributed by atoms with van der Waals surface area (Å²) in [6.07, 6.45) is 3.16. The van der Waals surface area contributed by atoms with Crippen molar-refractivity contribution in [2.75, 3.05) is 32.6 Å². The van der Waals surface area contributed by atoms with Crippen molar-refractivity contribution < 1.29 is 28.7 Å². The number of methoxy groups -OCH3 is 1. The van der Waals surface area contributed by atoms with Crippen molar-refractivity contribution in [1.29, 1.82) is 0 Å². The molecule has 0 aliphatic carbocycles. The number of hydrogen-bond donors (Lipinski definition) is 4. The number of carbonyl (C=O) groups excluding carboxylic acids is 5. The van der Waals surface area contributed by atoms with Gasteiger partial charge < -0.3 is 35.5 Å². The SMILES string of the molecule is CCCC(NC(=O)[C@@H](C)CCC)C(=O)NCCCN1Cc2cc(C(=O)N(C)Cc3nc4ccccc4[nH]3)ccc2N[C@@H](CC(=O)OC)C1=O. The molecule has 4 N–H and O–H groups in total. The minimum Gasteiger partial charge on any atom is -0.469 e. The summed E-state index contributed by atoms with van der Waals surface area (Å²) in [5, 5.41) is 8.98. The number of esters is 1. The Balaban J connectivity index is 1.43. The minimum atomic E-state index is -0.866. The van der Waals surface area contributed by atoms with Crippen LogP contribution in [0, 0.1) is 5.92 Å². The molecular weight excluding hydrogens is 626 g/mol. The predicted molar refractivity (Wildman–Crippen MR) is 186 cm³/mol. The number of carbonyl (C=O) groups is 5. The molecule has 3 atom stereocenters. The fraction of sp³-hybridized carbons (Fsp3) is 0.500. The number of fused-ring (bicyclic) bond motifs is 2. The molecule has 49 heavy (non-hydrogen) atoms. The average molecular weight is 676 g/mol. The fourth-order valence-corrected chi connectivity index (χ4v) is 5.97. The molecule has 0 bridgehead atoms. The van der Waals surface area contributed by atoms with Crippen LogP contribution in [0.25, 0.3) is 11.0 Å². The van der Waals surface area contributed by atoms with Crippen LogP contribution in [0.5, 0.6) is 0 Å². The second-order valence-electron chi connectivity index (χ2n) is 12.7. The number of benzene rings is 2. The Bertz CT molecular complexity index is 1610. The fourth-order valence-electron chi connectivity index (χ4n) is 5.97. The van der Waals surface area contributed by atoms with Gasteiger partial charge >= 0.3 is 5.97 Å². The molecule has 2 aromatic carbocycles. The Morgan fingerprint density at radius 1 is 1.08 bits per heavy atom. The highest BCUT2D eigenvalue weighted by Crippen LogP contribution is 2.26. The number of aromatic nitrogens is 2. The van der Waals surface area contributed by atoms with Crippen LogP contribution < -0.4 is 16.0 Å². The van der Waals surface area contributed by atoms with Gasteiger partial charge in [-0.05, 0) is 55.2 Å². The van der Waals surface area contributed by atoms with E-state index in [0.29, 0.717) is 36.5 Å². The van der Waals surface area contributed by atoms with Gasteiger partial charge in [0.05, 0.1) is 31.1 Å². The van der Waals surface area contributed by atoms with Gasteiger partial charge in [0.15, 0.2) is 0 Å².